The minimum Gasteiger partial charge on any atom is -0.508 e. The molecule has 0 aliphatic carbocycles. The van der Waals surface area contributed by atoms with Crippen LogP contribution in [0.15, 0.2) is 39.5 Å². The van der Waals surface area contributed by atoms with E-state index in [2.05, 4.69) is 0 Å². The molecule has 10 atom stereocenters. The molecular weight excluding hydrogens is 636 g/mol. The van der Waals surface area contributed by atoms with Gasteiger partial charge in [-0.1, -0.05) is 0 Å². The predicted molar refractivity (Wildman–Crippen MR) is 151 cm³/mol. The van der Waals surface area contributed by atoms with Crippen molar-refractivity contribution in [2.75, 3.05) is 13.2 Å². The van der Waals surface area contributed by atoms with Gasteiger partial charge < -0.3 is 79.2 Å². The first kappa shape index (κ1) is 34.3. The van der Waals surface area contributed by atoms with Crippen LogP contribution in [0.4, 0.5) is 0 Å². The number of ether oxygens (including phenoxy) is 5. The molecule has 5 rings (SSSR count). The van der Waals surface area contributed by atoms with E-state index in [0.717, 1.165) is 25.1 Å². The average Bonchev–Trinajstić information content (AvgIpc) is 3.01. The summed E-state index contributed by atoms with van der Waals surface area (Å²) >= 11 is 0. The fraction of sp³-hybridized carbons (Fsp3) is 0.448. The molecule has 18 heteroatoms. The maximum atomic E-state index is 13.7. The van der Waals surface area contributed by atoms with Crippen LogP contribution >= 0.6 is 0 Å². The van der Waals surface area contributed by atoms with E-state index in [1.165, 1.54) is 12.1 Å². The van der Waals surface area contributed by atoms with Crippen molar-refractivity contribution in [1.82, 2.24) is 0 Å². The van der Waals surface area contributed by atoms with Crippen molar-refractivity contribution >= 4 is 16.9 Å². The number of phenols is 3. The molecule has 1 aromatic heterocycles. The standard InChI is InChI=1S/C29H32O18/c1-9(31)43-14-3-2-10(4-12(14)33)26-27(21(37)18-13(34)5-11(32)6-15(18)44-26)47-29-25(41)23(39)20(36)17(46-29)8-42-28-24(40)22(38)19(35)16(7-30)45-28/h2-6,16-17,19-20,22-25,28-30,32-36,38-41H,7-8H2,1H3. The number of aliphatic hydroxyl groups excluding tert-OH is 7. The second-order valence-corrected chi connectivity index (χ2v) is 10.9. The molecule has 2 saturated heterocycles. The number of rotatable bonds is 8. The van der Waals surface area contributed by atoms with Gasteiger partial charge in [-0.25, -0.2) is 0 Å². The zero-order valence-electron chi connectivity index (χ0n) is 24.3. The molecule has 3 heterocycles. The Morgan fingerprint density at radius 3 is 2.09 bits per heavy atom. The molecule has 0 saturated carbocycles. The number of esters is 1. The summed E-state index contributed by atoms with van der Waals surface area (Å²) in [5.41, 5.74) is -1.46. The molecule has 47 heavy (non-hydrogen) atoms. The summed E-state index contributed by atoms with van der Waals surface area (Å²) in [7, 11) is 0. The van der Waals surface area contributed by atoms with Crippen LogP contribution in [0.3, 0.4) is 0 Å². The van der Waals surface area contributed by atoms with Crippen LogP contribution in [0.2, 0.25) is 0 Å². The lowest BCUT2D eigenvalue weighted by atomic mass is 9.98. The Morgan fingerprint density at radius 1 is 0.809 bits per heavy atom. The number of hydrogen-bond acceptors (Lipinski definition) is 18. The Kier molecular flexibility index (Phi) is 9.89. The highest BCUT2D eigenvalue weighted by Gasteiger charge is 2.48. The topological polar surface area (TPSA) is 296 Å². The summed E-state index contributed by atoms with van der Waals surface area (Å²) in [6.45, 7) is -0.341. The minimum atomic E-state index is -2.02. The van der Waals surface area contributed by atoms with Crippen LogP contribution in [0.5, 0.6) is 28.7 Å². The van der Waals surface area contributed by atoms with Gasteiger partial charge in [-0.15, -0.1) is 0 Å². The second-order valence-electron chi connectivity index (χ2n) is 10.9. The highest BCUT2D eigenvalue weighted by Crippen LogP contribution is 2.40. The first-order chi connectivity index (χ1) is 22.2. The molecule has 2 fully saturated rings. The van der Waals surface area contributed by atoms with Crippen molar-refractivity contribution in [2.45, 2.75) is 68.3 Å². The summed E-state index contributed by atoms with van der Waals surface area (Å²) in [6, 6.07) is 5.31. The van der Waals surface area contributed by atoms with E-state index in [-0.39, 0.29) is 16.9 Å². The van der Waals surface area contributed by atoms with Crippen LogP contribution in [0.25, 0.3) is 22.3 Å². The van der Waals surface area contributed by atoms with Gasteiger partial charge in [-0.3, -0.25) is 9.59 Å². The molecule has 2 aliphatic rings. The van der Waals surface area contributed by atoms with E-state index in [1.807, 2.05) is 0 Å². The maximum absolute atomic E-state index is 13.7. The molecule has 2 aromatic carbocycles. The largest absolute Gasteiger partial charge is 0.508 e. The first-order valence-corrected chi connectivity index (χ1v) is 14.0. The Balaban J connectivity index is 1.48. The normalized spacial score (nSPS) is 31.1. The Bertz CT molecular complexity index is 1670. The second kappa shape index (κ2) is 13.6. The van der Waals surface area contributed by atoms with E-state index in [1.54, 1.807) is 0 Å². The monoisotopic (exact) mass is 668 g/mol. The molecule has 256 valence electrons. The highest BCUT2D eigenvalue weighted by molar-refractivity contribution is 5.88. The van der Waals surface area contributed by atoms with E-state index in [4.69, 9.17) is 28.1 Å². The zero-order chi connectivity index (χ0) is 34.3. The lowest BCUT2D eigenvalue weighted by Gasteiger charge is -2.42. The number of fused-ring (bicyclic) bond motifs is 1. The summed E-state index contributed by atoms with van der Waals surface area (Å²) in [5.74, 6) is -3.92. The molecule has 0 spiro atoms. The smallest absolute Gasteiger partial charge is 0.308 e. The Hall–Kier alpha value is -4.08. The van der Waals surface area contributed by atoms with Gasteiger partial charge in [0, 0.05) is 24.6 Å². The number of phenolic OH excluding ortho intramolecular Hbond substituents is 3. The first-order valence-electron chi connectivity index (χ1n) is 14.0. The van der Waals surface area contributed by atoms with Gasteiger partial charge in [-0.05, 0) is 18.2 Å². The predicted octanol–water partition coefficient (Wildman–Crippen LogP) is -2.49. The van der Waals surface area contributed by atoms with Crippen molar-refractivity contribution in [3.8, 4) is 40.1 Å². The third-order valence-electron chi connectivity index (χ3n) is 7.57. The molecule has 18 nitrogen and oxygen atoms in total. The van der Waals surface area contributed by atoms with Crippen LogP contribution in [-0.2, 0) is 19.0 Å². The van der Waals surface area contributed by atoms with E-state index in [0.29, 0.717) is 0 Å². The van der Waals surface area contributed by atoms with Gasteiger partial charge in [0.1, 0.15) is 71.3 Å². The van der Waals surface area contributed by atoms with Gasteiger partial charge in [-0.2, -0.15) is 0 Å². The summed E-state index contributed by atoms with van der Waals surface area (Å²) in [5, 5.41) is 102. The van der Waals surface area contributed by atoms with Crippen LogP contribution < -0.4 is 14.9 Å². The summed E-state index contributed by atoms with van der Waals surface area (Å²) < 4.78 is 32.7. The average molecular weight is 669 g/mol. The van der Waals surface area contributed by atoms with Crippen LogP contribution in [0, 0.1) is 0 Å². The van der Waals surface area contributed by atoms with Gasteiger partial charge in [0.25, 0.3) is 0 Å². The van der Waals surface area contributed by atoms with Gasteiger partial charge in [0.05, 0.1) is 13.2 Å². The highest BCUT2D eigenvalue weighted by atomic mass is 16.7. The number of carbonyl (C=O) groups is 1. The van der Waals surface area contributed by atoms with E-state index in [9.17, 15) is 60.7 Å². The fourth-order valence-electron chi connectivity index (χ4n) is 5.13. The van der Waals surface area contributed by atoms with Crippen molar-refractivity contribution < 1.29 is 84.0 Å². The van der Waals surface area contributed by atoms with Crippen LogP contribution in [-0.4, -0.2) is 132 Å². The third kappa shape index (κ3) is 6.69. The molecule has 10 N–H and O–H groups in total. The minimum absolute atomic E-state index is 0.0661. The Morgan fingerprint density at radius 2 is 1.45 bits per heavy atom. The maximum Gasteiger partial charge on any atom is 0.308 e. The molecule has 0 bridgehead atoms. The quantitative estimate of drug-likeness (QED) is 0.0876. The van der Waals surface area contributed by atoms with Gasteiger partial charge in [0.2, 0.25) is 17.5 Å². The number of aromatic hydroxyl groups is 3. The van der Waals surface area contributed by atoms with Crippen molar-refractivity contribution in [2.24, 2.45) is 0 Å². The van der Waals surface area contributed by atoms with Crippen LogP contribution in [0.1, 0.15) is 6.92 Å². The summed E-state index contributed by atoms with van der Waals surface area (Å²) in [4.78, 5) is 25.1. The molecule has 0 amide bonds. The lowest BCUT2D eigenvalue weighted by Crippen LogP contribution is -2.62. The van der Waals surface area contributed by atoms with E-state index >= 15 is 0 Å². The zero-order valence-corrected chi connectivity index (χ0v) is 24.3. The van der Waals surface area contributed by atoms with Gasteiger partial charge in [0.15, 0.2) is 23.5 Å². The van der Waals surface area contributed by atoms with Crippen molar-refractivity contribution in [3.05, 3.63) is 40.6 Å². The molecule has 0 radical (unpaired) electrons. The van der Waals surface area contributed by atoms with E-state index < -0.39 is 120 Å². The SMILES string of the molecule is CC(=O)Oc1ccc(-c2oc3cc(O)cc(O)c3c(=O)c2OC2OC(COC3OC(CO)C(O)C(O)C3O)C(O)C(O)C2O)cc1O. The molecule has 10 unspecified atom stereocenters. The third-order valence-corrected chi connectivity index (χ3v) is 7.57. The van der Waals surface area contributed by atoms with Crippen molar-refractivity contribution in [1.29, 1.82) is 0 Å². The molecular formula is C29H32O18. The molecule has 2 aliphatic heterocycles. The number of aliphatic hydroxyl groups is 7. The fourth-order valence-corrected chi connectivity index (χ4v) is 5.13. The Labute approximate surface area is 263 Å². The number of carbonyl (C=O) groups excluding carboxylic acids is 1. The summed E-state index contributed by atoms with van der Waals surface area (Å²) in [6.07, 6.45) is -17.6. The lowest BCUT2D eigenvalue weighted by molar-refractivity contribution is -0.323. The number of hydrogen-bond donors (Lipinski definition) is 10. The van der Waals surface area contributed by atoms with Gasteiger partial charge >= 0.3 is 5.97 Å². The molecule has 3 aromatic rings. The number of benzene rings is 2. The van der Waals surface area contributed by atoms with Crippen molar-refractivity contribution in [3.63, 3.8) is 0 Å².